The fourth-order valence-electron chi connectivity index (χ4n) is 2.74. The molecule has 1 aliphatic carbocycles. The highest BCUT2D eigenvalue weighted by Gasteiger charge is 2.33. The average molecular weight is 327 g/mol. The Balaban J connectivity index is 2.26. The van der Waals surface area contributed by atoms with Gasteiger partial charge in [-0.25, -0.2) is 4.79 Å². The predicted molar refractivity (Wildman–Crippen MR) is 84.9 cm³/mol. The second-order valence-electron chi connectivity index (χ2n) is 5.09. The molecule has 0 saturated carbocycles. The summed E-state index contributed by atoms with van der Waals surface area (Å²) in [6, 6.07) is 6.46. The fourth-order valence-corrected chi connectivity index (χ4v) is 2.74. The number of ketones is 1. The van der Waals surface area contributed by atoms with Crippen LogP contribution in [0, 0.1) is 15.3 Å². The average Bonchev–Trinajstić information content (AvgIpc) is 2.86. The van der Waals surface area contributed by atoms with Gasteiger partial charge in [-0.15, -0.1) is 0 Å². The van der Waals surface area contributed by atoms with Gasteiger partial charge in [-0.05, 0) is 30.7 Å². The second kappa shape index (κ2) is 5.74. The molecule has 0 radical (unpaired) electrons. The molecule has 0 saturated heterocycles. The summed E-state index contributed by atoms with van der Waals surface area (Å²) in [4.78, 5) is 35.1. The number of nitro groups is 1. The van der Waals surface area contributed by atoms with Crippen LogP contribution in [0.15, 0.2) is 30.3 Å². The number of benzene rings is 2. The number of rotatable bonds is 4. The van der Waals surface area contributed by atoms with E-state index in [9.17, 15) is 24.9 Å². The van der Waals surface area contributed by atoms with Crippen LogP contribution in [-0.4, -0.2) is 23.3 Å². The van der Waals surface area contributed by atoms with Gasteiger partial charge >= 0.3 is 5.97 Å². The number of anilines is 1. The molecular formula is C16H11N2O6-. The van der Waals surface area contributed by atoms with E-state index in [0.717, 1.165) is 6.07 Å². The number of hydrogen-bond acceptors (Lipinski definition) is 7. The number of esters is 1. The number of carbonyl (C=O) groups excluding carboxylic acids is 2. The molecule has 0 amide bonds. The number of carbonyl (C=O) groups is 2. The zero-order valence-electron chi connectivity index (χ0n) is 12.5. The minimum Gasteiger partial charge on any atom is -0.761 e. The molecule has 122 valence electrons. The van der Waals surface area contributed by atoms with Gasteiger partial charge in [0.15, 0.2) is 5.78 Å². The van der Waals surface area contributed by atoms with Gasteiger partial charge in [0.25, 0.3) is 5.69 Å². The molecule has 24 heavy (non-hydrogen) atoms. The number of non-ortho nitro benzene ring substituents is 1. The van der Waals surface area contributed by atoms with Crippen LogP contribution in [0.4, 0.5) is 11.4 Å². The molecule has 2 aromatic rings. The highest BCUT2D eigenvalue weighted by molar-refractivity contribution is 6.25. The molecule has 0 unspecified atom stereocenters. The topological polar surface area (TPSA) is 122 Å². The Hall–Kier alpha value is -3.26. The minimum atomic E-state index is -0.676. The minimum absolute atomic E-state index is 0.0347. The van der Waals surface area contributed by atoms with Gasteiger partial charge in [0, 0.05) is 34.5 Å². The monoisotopic (exact) mass is 327 g/mol. The number of fused-ring (bicyclic) bond motifs is 3. The van der Waals surface area contributed by atoms with Crippen molar-refractivity contribution in [3.05, 3.63) is 62.3 Å². The van der Waals surface area contributed by atoms with Gasteiger partial charge in [0.2, 0.25) is 0 Å². The molecule has 0 heterocycles. The number of ether oxygens (including phenoxy) is 1. The first-order valence-corrected chi connectivity index (χ1v) is 7.04. The van der Waals surface area contributed by atoms with Gasteiger partial charge in [-0.1, -0.05) is 0 Å². The summed E-state index contributed by atoms with van der Waals surface area (Å²) in [7, 11) is 0. The van der Waals surface area contributed by atoms with Crippen LogP contribution < -0.4 is 5.48 Å². The van der Waals surface area contributed by atoms with Gasteiger partial charge in [-0.3, -0.25) is 14.9 Å². The van der Waals surface area contributed by atoms with Crippen LogP contribution in [0.2, 0.25) is 0 Å². The van der Waals surface area contributed by atoms with Crippen molar-refractivity contribution in [1.82, 2.24) is 0 Å². The van der Waals surface area contributed by atoms with Crippen molar-refractivity contribution in [2.75, 3.05) is 12.1 Å². The van der Waals surface area contributed by atoms with Crippen LogP contribution in [-0.2, 0) is 4.74 Å². The van der Waals surface area contributed by atoms with Crippen molar-refractivity contribution in [3.63, 3.8) is 0 Å². The van der Waals surface area contributed by atoms with E-state index in [0.29, 0.717) is 11.1 Å². The molecule has 0 fully saturated rings. The van der Waals surface area contributed by atoms with E-state index < -0.39 is 16.7 Å². The molecule has 1 N–H and O–H groups in total. The Labute approximate surface area is 135 Å². The Bertz CT molecular complexity index is 890. The first-order chi connectivity index (χ1) is 11.5. The molecule has 0 spiro atoms. The van der Waals surface area contributed by atoms with E-state index >= 15 is 0 Å². The molecule has 0 aliphatic heterocycles. The Kier molecular flexibility index (Phi) is 3.74. The maximum atomic E-state index is 12.6. The summed E-state index contributed by atoms with van der Waals surface area (Å²) in [6.07, 6.45) is 0. The summed E-state index contributed by atoms with van der Waals surface area (Å²) in [5.41, 5.74) is 2.50. The van der Waals surface area contributed by atoms with Crippen molar-refractivity contribution >= 4 is 23.1 Å². The fraction of sp³-hybridized carbons (Fsp3) is 0.125. The molecule has 2 aromatic carbocycles. The maximum Gasteiger partial charge on any atom is 0.338 e. The highest BCUT2D eigenvalue weighted by Crippen LogP contribution is 2.42. The summed E-state index contributed by atoms with van der Waals surface area (Å²) in [5, 5.41) is 21.9. The highest BCUT2D eigenvalue weighted by atomic mass is 16.6. The lowest BCUT2D eigenvalue weighted by Crippen LogP contribution is -2.08. The van der Waals surface area contributed by atoms with Crippen LogP contribution in [0.5, 0.6) is 0 Å². The van der Waals surface area contributed by atoms with Gasteiger partial charge in [0.05, 0.1) is 17.1 Å². The Morgan fingerprint density at radius 3 is 2.58 bits per heavy atom. The Morgan fingerprint density at radius 2 is 1.96 bits per heavy atom. The predicted octanol–water partition coefficient (Wildman–Crippen LogP) is 2.89. The Morgan fingerprint density at radius 1 is 1.21 bits per heavy atom. The first-order valence-electron chi connectivity index (χ1n) is 7.04. The third kappa shape index (κ3) is 2.29. The van der Waals surface area contributed by atoms with Crippen molar-refractivity contribution < 1.29 is 19.2 Å². The summed E-state index contributed by atoms with van der Waals surface area (Å²) in [5.74, 6) is -1.16. The second-order valence-corrected chi connectivity index (χ2v) is 5.09. The lowest BCUT2D eigenvalue weighted by Gasteiger charge is -2.14. The SMILES string of the molecule is CCOC(=O)c1cc(N[O-])cc2c1-c1ccc([N+](=O)[O-])cc1C2=O. The van der Waals surface area contributed by atoms with Crippen molar-refractivity contribution in [1.29, 1.82) is 0 Å². The third-order valence-electron chi connectivity index (χ3n) is 3.72. The van der Waals surface area contributed by atoms with E-state index in [-0.39, 0.29) is 34.7 Å². The van der Waals surface area contributed by atoms with E-state index in [1.807, 2.05) is 0 Å². The van der Waals surface area contributed by atoms with Crippen molar-refractivity contribution in [2.24, 2.45) is 0 Å². The van der Waals surface area contributed by atoms with Crippen LogP contribution in [0.3, 0.4) is 0 Å². The number of nitrogens with zero attached hydrogens (tertiary/aromatic N) is 1. The molecular weight excluding hydrogens is 316 g/mol. The molecule has 0 aromatic heterocycles. The molecule has 8 heteroatoms. The zero-order chi connectivity index (χ0) is 17.4. The summed E-state index contributed by atoms with van der Waals surface area (Å²) in [6.45, 7) is 1.76. The number of nitro benzene ring substituents is 1. The number of hydrogen-bond donors (Lipinski definition) is 1. The molecule has 1 aliphatic rings. The lowest BCUT2D eigenvalue weighted by molar-refractivity contribution is -0.384. The van der Waals surface area contributed by atoms with Crippen molar-refractivity contribution in [2.45, 2.75) is 6.92 Å². The zero-order valence-corrected chi connectivity index (χ0v) is 12.5. The van der Waals surface area contributed by atoms with Gasteiger partial charge in [-0.2, -0.15) is 0 Å². The quantitative estimate of drug-likeness (QED) is 0.444. The van der Waals surface area contributed by atoms with Crippen LogP contribution in [0.1, 0.15) is 33.2 Å². The molecule has 0 bridgehead atoms. The van der Waals surface area contributed by atoms with Gasteiger partial charge < -0.3 is 15.4 Å². The van der Waals surface area contributed by atoms with E-state index in [1.54, 1.807) is 12.4 Å². The molecule has 8 nitrogen and oxygen atoms in total. The van der Waals surface area contributed by atoms with E-state index in [4.69, 9.17) is 4.74 Å². The molecule has 0 atom stereocenters. The van der Waals surface area contributed by atoms with Gasteiger partial charge in [0.1, 0.15) is 0 Å². The summed E-state index contributed by atoms with van der Waals surface area (Å²) >= 11 is 0. The first kappa shape index (κ1) is 15.6. The normalized spacial score (nSPS) is 11.7. The maximum absolute atomic E-state index is 12.6. The number of nitrogens with one attached hydrogen (secondary N) is 1. The van der Waals surface area contributed by atoms with Crippen LogP contribution in [0.25, 0.3) is 11.1 Å². The third-order valence-corrected chi connectivity index (χ3v) is 3.72. The van der Waals surface area contributed by atoms with Crippen LogP contribution >= 0.6 is 0 Å². The standard InChI is InChI=1S/C16H11N2O6/c1-2-24-16(20)13-6-8(17-21)5-12-14(13)10-4-3-9(18(22)23)7-11(10)15(12)19/h3-7,17H,2H2,1H3/q-1. The lowest BCUT2D eigenvalue weighted by atomic mass is 9.98. The summed E-state index contributed by atoms with van der Waals surface area (Å²) < 4.78 is 4.98. The van der Waals surface area contributed by atoms with E-state index in [2.05, 4.69) is 0 Å². The smallest absolute Gasteiger partial charge is 0.338 e. The van der Waals surface area contributed by atoms with Crippen molar-refractivity contribution in [3.8, 4) is 11.1 Å². The van der Waals surface area contributed by atoms with E-state index in [1.165, 1.54) is 24.3 Å². The largest absolute Gasteiger partial charge is 0.761 e. The molecule has 3 rings (SSSR count).